The standard InChI is InChI=1S/C15H17BrN2O/c16-14-4-3-13(15(17)10-14)11-19-9-1-2-12-5-7-18-8-6-12/h3-8,10H,1-2,9,11,17H2. The summed E-state index contributed by atoms with van der Waals surface area (Å²) in [6, 6.07) is 9.93. The molecule has 2 rings (SSSR count). The lowest BCUT2D eigenvalue weighted by atomic mass is 10.1. The second kappa shape index (κ2) is 7.26. The zero-order chi connectivity index (χ0) is 13.5. The zero-order valence-corrected chi connectivity index (χ0v) is 12.3. The molecule has 100 valence electrons. The molecule has 4 heteroatoms. The van der Waals surface area contributed by atoms with Crippen LogP contribution in [0.3, 0.4) is 0 Å². The number of hydrogen-bond acceptors (Lipinski definition) is 3. The van der Waals surface area contributed by atoms with Crippen molar-refractivity contribution in [2.24, 2.45) is 0 Å². The van der Waals surface area contributed by atoms with Crippen LogP contribution in [-0.2, 0) is 17.8 Å². The summed E-state index contributed by atoms with van der Waals surface area (Å²) < 4.78 is 6.64. The minimum atomic E-state index is 0.565. The Morgan fingerprint density at radius 3 is 2.68 bits per heavy atom. The Morgan fingerprint density at radius 1 is 1.16 bits per heavy atom. The molecule has 0 amide bonds. The Labute approximate surface area is 121 Å². The summed E-state index contributed by atoms with van der Waals surface area (Å²) in [4.78, 5) is 4.00. The molecule has 1 aromatic heterocycles. The molecule has 0 radical (unpaired) electrons. The highest BCUT2D eigenvalue weighted by atomic mass is 79.9. The second-order valence-corrected chi connectivity index (χ2v) is 5.27. The summed E-state index contributed by atoms with van der Waals surface area (Å²) in [7, 11) is 0. The first kappa shape index (κ1) is 14.0. The highest BCUT2D eigenvalue weighted by Crippen LogP contribution is 2.19. The Morgan fingerprint density at radius 2 is 1.95 bits per heavy atom. The largest absolute Gasteiger partial charge is 0.398 e. The van der Waals surface area contributed by atoms with E-state index in [0.29, 0.717) is 6.61 Å². The lowest BCUT2D eigenvalue weighted by Crippen LogP contribution is -2.00. The van der Waals surface area contributed by atoms with Gasteiger partial charge in [-0.05, 0) is 42.7 Å². The van der Waals surface area contributed by atoms with Gasteiger partial charge in [0.25, 0.3) is 0 Å². The number of aryl methyl sites for hydroxylation is 1. The number of hydrogen-bond donors (Lipinski definition) is 1. The van der Waals surface area contributed by atoms with Gasteiger partial charge in [0.2, 0.25) is 0 Å². The first-order valence-electron chi connectivity index (χ1n) is 6.26. The van der Waals surface area contributed by atoms with Gasteiger partial charge in [0.15, 0.2) is 0 Å². The van der Waals surface area contributed by atoms with Gasteiger partial charge in [0.05, 0.1) is 6.61 Å². The summed E-state index contributed by atoms with van der Waals surface area (Å²) in [5, 5.41) is 0. The molecule has 19 heavy (non-hydrogen) atoms. The quantitative estimate of drug-likeness (QED) is 0.653. The van der Waals surface area contributed by atoms with Gasteiger partial charge in [-0.25, -0.2) is 0 Å². The van der Waals surface area contributed by atoms with Gasteiger partial charge in [-0.1, -0.05) is 22.0 Å². The van der Waals surface area contributed by atoms with Gasteiger partial charge in [-0.15, -0.1) is 0 Å². The lowest BCUT2D eigenvalue weighted by Gasteiger charge is -2.07. The van der Waals surface area contributed by atoms with E-state index >= 15 is 0 Å². The zero-order valence-electron chi connectivity index (χ0n) is 10.7. The van der Waals surface area contributed by atoms with Crippen molar-refractivity contribution in [2.45, 2.75) is 19.4 Å². The SMILES string of the molecule is Nc1cc(Br)ccc1COCCCc1ccncc1. The molecule has 0 aliphatic heterocycles. The van der Waals surface area contributed by atoms with Gasteiger partial charge < -0.3 is 10.5 Å². The van der Waals surface area contributed by atoms with Crippen molar-refractivity contribution in [1.29, 1.82) is 0 Å². The van der Waals surface area contributed by atoms with E-state index in [4.69, 9.17) is 10.5 Å². The first-order valence-corrected chi connectivity index (χ1v) is 7.05. The molecule has 1 heterocycles. The van der Waals surface area contributed by atoms with Gasteiger partial charge in [-0.3, -0.25) is 4.98 Å². The van der Waals surface area contributed by atoms with Crippen LogP contribution in [0, 0.1) is 0 Å². The molecule has 0 spiro atoms. The van der Waals surface area contributed by atoms with Crippen molar-refractivity contribution in [1.82, 2.24) is 4.98 Å². The fourth-order valence-corrected chi connectivity index (χ4v) is 2.19. The normalized spacial score (nSPS) is 10.6. The molecule has 0 saturated carbocycles. The van der Waals surface area contributed by atoms with Crippen LogP contribution in [0.25, 0.3) is 0 Å². The highest BCUT2D eigenvalue weighted by Gasteiger charge is 2.00. The number of anilines is 1. The van der Waals surface area contributed by atoms with Gasteiger partial charge in [0, 0.05) is 34.7 Å². The molecule has 0 unspecified atom stereocenters. The third-order valence-corrected chi connectivity index (χ3v) is 3.36. The summed E-state index contributed by atoms with van der Waals surface area (Å²) >= 11 is 3.39. The van der Waals surface area contributed by atoms with E-state index in [1.165, 1.54) is 5.56 Å². The van der Waals surface area contributed by atoms with Crippen LogP contribution < -0.4 is 5.73 Å². The number of nitrogen functional groups attached to an aromatic ring is 1. The molecular weight excluding hydrogens is 304 g/mol. The summed E-state index contributed by atoms with van der Waals surface area (Å²) in [6.07, 6.45) is 5.65. The summed E-state index contributed by atoms with van der Waals surface area (Å²) in [5.74, 6) is 0. The minimum absolute atomic E-state index is 0.565. The van der Waals surface area contributed by atoms with Gasteiger partial charge in [-0.2, -0.15) is 0 Å². The van der Waals surface area contributed by atoms with Crippen LogP contribution in [0.15, 0.2) is 47.2 Å². The van der Waals surface area contributed by atoms with E-state index in [9.17, 15) is 0 Å². The number of nitrogens with two attached hydrogens (primary N) is 1. The fraction of sp³-hybridized carbons (Fsp3) is 0.267. The van der Waals surface area contributed by atoms with E-state index in [2.05, 4.69) is 20.9 Å². The Kier molecular flexibility index (Phi) is 5.36. The third-order valence-electron chi connectivity index (χ3n) is 2.87. The monoisotopic (exact) mass is 320 g/mol. The number of pyridine rings is 1. The molecule has 0 aliphatic carbocycles. The van der Waals surface area contributed by atoms with Crippen LogP contribution in [0.1, 0.15) is 17.5 Å². The average molecular weight is 321 g/mol. The maximum absolute atomic E-state index is 5.91. The number of rotatable bonds is 6. The maximum atomic E-state index is 5.91. The predicted molar refractivity (Wildman–Crippen MR) is 80.8 cm³/mol. The number of nitrogens with zero attached hydrogens (tertiary/aromatic N) is 1. The van der Waals surface area contributed by atoms with Crippen molar-refractivity contribution < 1.29 is 4.74 Å². The Hall–Kier alpha value is -1.39. The van der Waals surface area contributed by atoms with Crippen LogP contribution in [0.4, 0.5) is 5.69 Å². The second-order valence-electron chi connectivity index (χ2n) is 4.35. The van der Waals surface area contributed by atoms with Crippen LogP contribution >= 0.6 is 15.9 Å². The molecule has 1 aromatic carbocycles. The van der Waals surface area contributed by atoms with Crippen molar-refractivity contribution in [3.05, 3.63) is 58.3 Å². The van der Waals surface area contributed by atoms with Crippen molar-refractivity contribution >= 4 is 21.6 Å². The smallest absolute Gasteiger partial charge is 0.0736 e. The summed E-state index contributed by atoms with van der Waals surface area (Å²) in [6.45, 7) is 1.30. The van der Waals surface area contributed by atoms with Crippen molar-refractivity contribution in [3.63, 3.8) is 0 Å². The average Bonchev–Trinajstić information content (AvgIpc) is 2.42. The molecule has 0 bridgehead atoms. The van der Waals surface area contributed by atoms with E-state index in [1.807, 2.05) is 42.7 Å². The van der Waals surface area contributed by atoms with E-state index in [0.717, 1.165) is 35.2 Å². The van der Waals surface area contributed by atoms with Crippen molar-refractivity contribution in [3.8, 4) is 0 Å². The Bertz CT molecular complexity index is 517. The van der Waals surface area contributed by atoms with E-state index in [1.54, 1.807) is 0 Å². The molecule has 0 fully saturated rings. The molecule has 0 atom stereocenters. The summed E-state index contributed by atoms with van der Waals surface area (Å²) in [5.41, 5.74) is 9.01. The van der Waals surface area contributed by atoms with Crippen molar-refractivity contribution in [2.75, 3.05) is 12.3 Å². The van der Waals surface area contributed by atoms with Crippen LogP contribution in [-0.4, -0.2) is 11.6 Å². The number of halogens is 1. The van der Waals surface area contributed by atoms with Crippen LogP contribution in [0.5, 0.6) is 0 Å². The maximum Gasteiger partial charge on any atom is 0.0736 e. The first-order chi connectivity index (χ1) is 9.25. The molecule has 3 nitrogen and oxygen atoms in total. The Balaban J connectivity index is 1.69. The molecular formula is C15H17BrN2O. The van der Waals surface area contributed by atoms with E-state index < -0.39 is 0 Å². The molecule has 0 aliphatic rings. The molecule has 0 saturated heterocycles. The molecule has 2 N–H and O–H groups in total. The number of ether oxygens (including phenoxy) is 1. The van der Waals surface area contributed by atoms with E-state index in [-0.39, 0.29) is 0 Å². The third kappa shape index (κ3) is 4.65. The highest BCUT2D eigenvalue weighted by molar-refractivity contribution is 9.10. The van der Waals surface area contributed by atoms with Gasteiger partial charge in [0.1, 0.15) is 0 Å². The lowest BCUT2D eigenvalue weighted by molar-refractivity contribution is 0.119. The number of benzene rings is 1. The van der Waals surface area contributed by atoms with Gasteiger partial charge >= 0.3 is 0 Å². The predicted octanol–water partition coefficient (Wildman–Crippen LogP) is 3.58. The topological polar surface area (TPSA) is 48.1 Å². The number of aromatic nitrogens is 1. The molecule has 2 aromatic rings. The minimum Gasteiger partial charge on any atom is -0.398 e. The fourth-order valence-electron chi connectivity index (χ4n) is 1.81. The van der Waals surface area contributed by atoms with Crippen LogP contribution in [0.2, 0.25) is 0 Å².